The fraction of sp³-hybridized carbons (Fsp3) is 0.524. The van der Waals surface area contributed by atoms with Gasteiger partial charge in [-0.3, -0.25) is 4.90 Å². The molecule has 0 bridgehead atoms. The average Bonchev–Trinajstić information content (AvgIpc) is 3.01. The van der Waals surface area contributed by atoms with Crippen LogP contribution >= 0.6 is 11.3 Å². The van der Waals surface area contributed by atoms with E-state index in [9.17, 15) is 0 Å². The van der Waals surface area contributed by atoms with Crippen molar-refractivity contribution in [1.82, 2.24) is 4.90 Å². The standard InChI is InChI=1S/C21H27NO2S/c1-13(2)9-15-11-16-18-10-14-5-6-19(23-3)21(24-4)17(14)12-22(18)8-7-20(16)25-15/h5-6,11,13,18H,7-10,12H2,1-4H3/t18-/m0/s1. The van der Waals surface area contributed by atoms with Crippen LogP contribution in [0.5, 0.6) is 11.5 Å². The van der Waals surface area contributed by atoms with Crippen LogP contribution in [0.15, 0.2) is 18.2 Å². The number of nitrogens with zero attached hydrogens (tertiary/aromatic N) is 1. The van der Waals surface area contributed by atoms with Gasteiger partial charge in [-0.1, -0.05) is 19.9 Å². The maximum absolute atomic E-state index is 5.68. The molecule has 0 saturated heterocycles. The molecule has 134 valence electrons. The summed E-state index contributed by atoms with van der Waals surface area (Å²) in [6, 6.07) is 7.28. The lowest BCUT2D eigenvalue weighted by Crippen LogP contribution is -2.38. The molecule has 0 amide bonds. The van der Waals surface area contributed by atoms with Crippen molar-refractivity contribution in [3.8, 4) is 11.5 Å². The Bertz CT molecular complexity index is 780. The second kappa shape index (κ2) is 6.65. The van der Waals surface area contributed by atoms with Crippen molar-refractivity contribution in [2.75, 3.05) is 20.8 Å². The number of methoxy groups -OCH3 is 2. The van der Waals surface area contributed by atoms with E-state index in [1.54, 1.807) is 29.5 Å². The van der Waals surface area contributed by atoms with Crippen LogP contribution < -0.4 is 9.47 Å². The van der Waals surface area contributed by atoms with Crippen LogP contribution in [-0.2, 0) is 25.8 Å². The van der Waals surface area contributed by atoms with E-state index in [0.29, 0.717) is 6.04 Å². The van der Waals surface area contributed by atoms with Gasteiger partial charge in [-0.25, -0.2) is 0 Å². The molecule has 0 aliphatic carbocycles. The molecule has 3 nitrogen and oxygen atoms in total. The van der Waals surface area contributed by atoms with E-state index in [-0.39, 0.29) is 0 Å². The summed E-state index contributed by atoms with van der Waals surface area (Å²) >= 11 is 2.04. The van der Waals surface area contributed by atoms with E-state index < -0.39 is 0 Å². The fourth-order valence-corrected chi connectivity index (χ4v) is 5.74. The van der Waals surface area contributed by atoms with Crippen molar-refractivity contribution in [3.63, 3.8) is 0 Å². The Morgan fingerprint density at radius 1 is 1.24 bits per heavy atom. The smallest absolute Gasteiger partial charge is 0.165 e. The van der Waals surface area contributed by atoms with Gasteiger partial charge in [-0.15, -0.1) is 11.3 Å². The van der Waals surface area contributed by atoms with Crippen molar-refractivity contribution in [2.45, 2.75) is 45.7 Å². The van der Waals surface area contributed by atoms with Crippen molar-refractivity contribution < 1.29 is 9.47 Å². The van der Waals surface area contributed by atoms with Crippen LogP contribution in [0.25, 0.3) is 0 Å². The molecule has 0 fully saturated rings. The minimum atomic E-state index is 0.520. The third-order valence-electron chi connectivity index (χ3n) is 5.45. The van der Waals surface area contributed by atoms with Crippen LogP contribution in [0, 0.1) is 5.92 Å². The first-order chi connectivity index (χ1) is 12.1. The van der Waals surface area contributed by atoms with E-state index in [2.05, 4.69) is 36.9 Å². The molecule has 0 saturated carbocycles. The normalized spacial score (nSPS) is 19.3. The van der Waals surface area contributed by atoms with Gasteiger partial charge in [-0.2, -0.15) is 0 Å². The van der Waals surface area contributed by atoms with Crippen molar-refractivity contribution in [3.05, 3.63) is 44.6 Å². The van der Waals surface area contributed by atoms with Gasteiger partial charge in [0.25, 0.3) is 0 Å². The lowest BCUT2D eigenvalue weighted by Gasteiger charge is -2.40. The zero-order chi connectivity index (χ0) is 17.6. The van der Waals surface area contributed by atoms with Crippen molar-refractivity contribution in [2.24, 2.45) is 5.92 Å². The van der Waals surface area contributed by atoms with Crippen molar-refractivity contribution in [1.29, 1.82) is 0 Å². The van der Waals surface area contributed by atoms with E-state index in [4.69, 9.17) is 9.47 Å². The maximum atomic E-state index is 5.68. The maximum Gasteiger partial charge on any atom is 0.165 e. The van der Waals surface area contributed by atoms with Crippen molar-refractivity contribution >= 4 is 11.3 Å². The molecule has 25 heavy (non-hydrogen) atoms. The highest BCUT2D eigenvalue weighted by molar-refractivity contribution is 7.12. The Labute approximate surface area is 154 Å². The van der Waals surface area contributed by atoms with Gasteiger partial charge in [0.05, 0.1) is 14.2 Å². The molecule has 3 heterocycles. The van der Waals surface area contributed by atoms with Crippen LogP contribution in [0.3, 0.4) is 0 Å². The summed E-state index contributed by atoms with van der Waals surface area (Å²) in [6.45, 7) is 6.71. The number of benzene rings is 1. The molecule has 0 N–H and O–H groups in total. The van der Waals surface area contributed by atoms with E-state index in [0.717, 1.165) is 36.9 Å². The van der Waals surface area contributed by atoms with Crippen LogP contribution in [0.4, 0.5) is 0 Å². The third kappa shape index (κ3) is 2.96. The highest BCUT2D eigenvalue weighted by Gasteiger charge is 2.35. The first-order valence-electron chi connectivity index (χ1n) is 9.19. The van der Waals surface area contributed by atoms with E-state index in [1.165, 1.54) is 24.0 Å². The first kappa shape index (κ1) is 16.9. The van der Waals surface area contributed by atoms with E-state index in [1.807, 2.05) is 11.3 Å². The molecule has 2 aliphatic heterocycles. The average molecular weight is 358 g/mol. The van der Waals surface area contributed by atoms with Gasteiger partial charge >= 0.3 is 0 Å². The van der Waals surface area contributed by atoms with Gasteiger partial charge < -0.3 is 9.47 Å². The number of fused-ring (bicyclic) bond motifs is 4. The van der Waals surface area contributed by atoms with Crippen LogP contribution in [0.1, 0.15) is 46.3 Å². The second-order valence-corrected chi connectivity index (χ2v) is 8.79. The van der Waals surface area contributed by atoms with Gasteiger partial charge in [0.1, 0.15) is 0 Å². The Morgan fingerprint density at radius 2 is 2.08 bits per heavy atom. The Kier molecular flexibility index (Phi) is 4.50. The predicted octanol–water partition coefficient (Wildman–Crippen LogP) is 4.62. The molecule has 0 radical (unpaired) electrons. The quantitative estimate of drug-likeness (QED) is 0.797. The summed E-state index contributed by atoms with van der Waals surface area (Å²) in [5, 5.41) is 0. The Balaban J connectivity index is 1.69. The van der Waals surface area contributed by atoms with Gasteiger partial charge in [0.15, 0.2) is 11.5 Å². The molecule has 2 aliphatic rings. The van der Waals surface area contributed by atoms with E-state index >= 15 is 0 Å². The fourth-order valence-electron chi connectivity index (χ4n) is 4.31. The summed E-state index contributed by atoms with van der Waals surface area (Å²) in [5.41, 5.74) is 4.29. The molecule has 1 aromatic heterocycles. The minimum absolute atomic E-state index is 0.520. The molecule has 4 heteroatoms. The largest absolute Gasteiger partial charge is 0.493 e. The SMILES string of the molecule is COc1ccc2c(c1OC)CN1CCc3sc(CC(C)C)cc3[C@@H]1C2. The monoisotopic (exact) mass is 357 g/mol. The summed E-state index contributed by atoms with van der Waals surface area (Å²) in [6.07, 6.45) is 3.45. The summed E-state index contributed by atoms with van der Waals surface area (Å²) < 4.78 is 11.2. The third-order valence-corrected chi connectivity index (χ3v) is 6.68. The molecule has 2 aromatic rings. The highest BCUT2D eigenvalue weighted by Crippen LogP contribution is 2.45. The predicted molar refractivity (Wildman–Crippen MR) is 103 cm³/mol. The zero-order valence-corrected chi connectivity index (χ0v) is 16.4. The zero-order valence-electron chi connectivity index (χ0n) is 15.6. The van der Waals surface area contributed by atoms with Crippen LogP contribution in [-0.4, -0.2) is 25.7 Å². The molecule has 0 unspecified atom stereocenters. The lowest BCUT2D eigenvalue weighted by atomic mass is 9.86. The van der Waals surface area contributed by atoms with Gasteiger partial charge in [0.2, 0.25) is 0 Å². The molecule has 4 rings (SSSR count). The number of ether oxygens (including phenoxy) is 2. The summed E-state index contributed by atoms with van der Waals surface area (Å²) in [4.78, 5) is 5.79. The number of thiophene rings is 1. The van der Waals surface area contributed by atoms with Gasteiger partial charge in [0, 0.05) is 34.4 Å². The molecule has 1 atom stereocenters. The summed E-state index contributed by atoms with van der Waals surface area (Å²) in [5.74, 6) is 2.47. The number of hydrogen-bond acceptors (Lipinski definition) is 4. The van der Waals surface area contributed by atoms with Crippen LogP contribution in [0.2, 0.25) is 0 Å². The molecule has 1 aromatic carbocycles. The summed E-state index contributed by atoms with van der Waals surface area (Å²) in [7, 11) is 3.46. The first-order valence-corrected chi connectivity index (χ1v) is 10.0. The Hall–Kier alpha value is -1.52. The van der Waals surface area contributed by atoms with Gasteiger partial charge in [-0.05, 0) is 48.4 Å². The molecular weight excluding hydrogens is 330 g/mol. The Morgan fingerprint density at radius 3 is 2.80 bits per heavy atom. The number of hydrogen-bond donors (Lipinski definition) is 0. The second-order valence-electron chi connectivity index (χ2n) is 7.57. The molecule has 0 spiro atoms. The lowest BCUT2D eigenvalue weighted by molar-refractivity contribution is 0.159. The highest BCUT2D eigenvalue weighted by atomic mass is 32.1. The molecular formula is C21H27NO2S. The number of rotatable bonds is 4. The topological polar surface area (TPSA) is 21.7 Å². The minimum Gasteiger partial charge on any atom is -0.493 e.